The van der Waals surface area contributed by atoms with Crippen LogP contribution in [0.1, 0.15) is 31.0 Å². The lowest BCUT2D eigenvalue weighted by Gasteiger charge is -2.22. The zero-order valence-electron chi connectivity index (χ0n) is 16.4. The van der Waals surface area contributed by atoms with E-state index in [1.54, 1.807) is 12.4 Å². The number of anilines is 1. The van der Waals surface area contributed by atoms with Gasteiger partial charge in [-0.15, -0.1) is 0 Å². The molecule has 4 aromatic rings. The number of nitrogens with one attached hydrogen (secondary N) is 1. The number of pyridine rings is 2. The Kier molecular flexibility index (Phi) is 5.29. The van der Waals surface area contributed by atoms with Crippen LogP contribution >= 0.6 is 0 Å². The van der Waals surface area contributed by atoms with Gasteiger partial charge < -0.3 is 15.2 Å². The number of hydrogen-bond donors (Lipinski definition) is 2. The molecule has 0 spiro atoms. The molecule has 0 bridgehead atoms. The second-order valence-corrected chi connectivity index (χ2v) is 7.11. The minimum absolute atomic E-state index is 0.110. The van der Waals surface area contributed by atoms with E-state index < -0.39 is 0 Å². The number of phenolic OH excluding ortho intramolecular Hbond substituents is 1. The van der Waals surface area contributed by atoms with Crippen LogP contribution in [0, 0.1) is 0 Å². The highest BCUT2D eigenvalue weighted by Gasteiger charge is 2.20. The molecule has 4 rings (SSSR count). The van der Waals surface area contributed by atoms with E-state index in [1.165, 1.54) is 0 Å². The molecular formula is C24H23N3O2. The Morgan fingerprint density at radius 3 is 2.38 bits per heavy atom. The zero-order chi connectivity index (χ0) is 20.2. The van der Waals surface area contributed by atoms with Crippen LogP contribution in [-0.4, -0.2) is 21.2 Å². The maximum absolute atomic E-state index is 11.0. The van der Waals surface area contributed by atoms with E-state index in [2.05, 4.69) is 15.3 Å². The van der Waals surface area contributed by atoms with Gasteiger partial charge in [-0.25, -0.2) is 4.98 Å². The maximum atomic E-state index is 11.0. The third-order valence-corrected chi connectivity index (χ3v) is 4.63. The minimum Gasteiger partial charge on any atom is -0.505 e. The van der Waals surface area contributed by atoms with Crippen LogP contribution in [0.4, 0.5) is 5.82 Å². The number of ether oxygens (including phenoxy) is 1. The minimum atomic E-state index is -0.301. The van der Waals surface area contributed by atoms with E-state index in [0.717, 1.165) is 28.1 Å². The molecule has 0 saturated carbocycles. The molecule has 5 nitrogen and oxygen atoms in total. The van der Waals surface area contributed by atoms with Gasteiger partial charge in [0.25, 0.3) is 0 Å². The summed E-state index contributed by atoms with van der Waals surface area (Å²) in [6, 6.07) is 21.0. The van der Waals surface area contributed by atoms with Crippen molar-refractivity contribution in [2.24, 2.45) is 0 Å². The van der Waals surface area contributed by atoms with Gasteiger partial charge in [0.15, 0.2) is 0 Å². The van der Waals surface area contributed by atoms with Crippen LogP contribution in [0.15, 0.2) is 79.1 Å². The van der Waals surface area contributed by atoms with E-state index in [9.17, 15) is 5.11 Å². The molecule has 2 heterocycles. The fourth-order valence-electron chi connectivity index (χ4n) is 3.33. The Morgan fingerprint density at radius 1 is 0.862 bits per heavy atom. The Bertz CT molecular complexity index is 1100. The molecule has 0 radical (unpaired) electrons. The molecule has 5 heteroatoms. The summed E-state index contributed by atoms with van der Waals surface area (Å²) in [6.45, 7) is 4.00. The van der Waals surface area contributed by atoms with Gasteiger partial charge in [-0.3, -0.25) is 4.98 Å². The number of hydrogen-bond acceptors (Lipinski definition) is 5. The summed E-state index contributed by atoms with van der Waals surface area (Å²) in [5, 5.41) is 15.3. The summed E-state index contributed by atoms with van der Waals surface area (Å²) in [5.74, 6) is 1.70. The van der Waals surface area contributed by atoms with Gasteiger partial charge in [0.1, 0.15) is 22.8 Å². The number of fused-ring (bicyclic) bond motifs is 1. The molecule has 0 aliphatic carbocycles. The van der Waals surface area contributed by atoms with Crippen molar-refractivity contribution in [2.75, 3.05) is 5.32 Å². The largest absolute Gasteiger partial charge is 0.505 e. The Morgan fingerprint density at radius 2 is 1.66 bits per heavy atom. The molecule has 0 aliphatic rings. The van der Waals surface area contributed by atoms with E-state index in [0.29, 0.717) is 5.52 Å². The summed E-state index contributed by atoms with van der Waals surface area (Å²) in [5.41, 5.74) is 2.30. The quantitative estimate of drug-likeness (QED) is 0.470. The van der Waals surface area contributed by atoms with Gasteiger partial charge in [-0.2, -0.15) is 0 Å². The van der Waals surface area contributed by atoms with E-state index in [-0.39, 0.29) is 17.9 Å². The zero-order valence-corrected chi connectivity index (χ0v) is 16.4. The molecule has 2 N–H and O–H groups in total. The number of rotatable bonds is 6. The Balaban J connectivity index is 1.77. The maximum Gasteiger partial charge on any atom is 0.147 e. The average Bonchev–Trinajstić information content (AvgIpc) is 2.74. The van der Waals surface area contributed by atoms with Gasteiger partial charge in [0, 0.05) is 23.3 Å². The number of phenols is 1. The van der Waals surface area contributed by atoms with Gasteiger partial charge >= 0.3 is 0 Å². The summed E-state index contributed by atoms with van der Waals surface area (Å²) in [7, 11) is 0. The third kappa shape index (κ3) is 4.14. The molecule has 29 heavy (non-hydrogen) atoms. The molecule has 0 amide bonds. The van der Waals surface area contributed by atoms with Crippen molar-refractivity contribution < 1.29 is 9.84 Å². The first-order valence-electron chi connectivity index (χ1n) is 9.62. The van der Waals surface area contributed by atoms with Crippen molar-refractivity contribution >= 4 is 16.7 Å². The second kappa shape index (κ2) is 8.19. The topological polar surface area (TPSA) is 67.3 Å². The van der Waals surface area contributed by atoms with Crippen LogP contribution in [0.2, 0.25) is 0 Å². The van der Waals surface area contributed by atoms with Crippen LogP contribution in [-0.2, 0) is 0 Å². The molecule has 0 aliphatic heterocycles. The average molecular weight is 385 g/mol. The molecule has 0 fully saturated rings. The SMILES string of the molecule is CC(C)Oc1ccc([C@@H](Nc2ccccn2)c2ccc3cccnc3c2O)cc1. The molecule has 0 saturated heterocycles. The number of aromatic nitrogens is 2. The van der Waals surface area contributed by atoms with E-state index >= 15 is 0 Å². The molecule has 146 valence electrons. The number of aromatic hydroxyl groups is 1. The van der Waals surface area contributed by atoms with Crippen molar-refractivity contribution in [1.29, 1.82) is 0 Å². The fraction of sp³-hybridized carbons (Fsp3) is 0.167. The van der Waals surface area contributed by atoms with Crippen LogP contribution < -0.4 is 10.1 Å². The highest BCUT2D eigenvalue weighted by Crippen LogP contribution is 2.36. The second-order valence-electron chi connectivity index (χ2n) is 7.11. The van der Waals surface area contributed by atoms with Gasteiger partial charge in [0.2, 0.25) is 0 Å². The van der Waals surface area contributed by atoms with Crippen molar-refractivity contribution in [3.63, 3.8) is 0 Å². The Labute approximate surface area is 170 Å². The molecule has 0 unspecified atom stereocenters. The van der Waals surface area contributed by atoms with Crippen LogP contribution in [0.5, 0.6) is 11.5 Å². The first kappa shape index (κ1) is 18.7. The van der Waals surface area contributed by atoms with E-state index in [4.69, 9.17) is 4.74 Å². The van der Waals surface area contributed by atoms with Gasteiger partial charge in [-0.1, -0.05) is 36.4 Å². The van der Waals surface area contributed by atoms with Crippen molar-refractivity contribution in [1.82, 2.24) is 9.97 Å². The lowest BCUT2D eigenvalue weighted by Crippen LogP contribution is -2.14. The van der Waals surface area contributed by atoms with Crippen molar-refractivity contribution in [3.8, 4) is 11.5 Å². The lowest BCUT2D eigenvalue weighted by molar-refractivity contribution is 0.242. The first-order chi connectivity index (χ1) is 14.1. The summed E-state index contributed by atoms with van der Waals surface area (Å²) in [6.07, 6.45) is 3.53. The number of benzene rings is 2. The van der Waals surface area contributed by atoms with Gasteiger partial charge in [0.05, 0.1) is 12.1 Å². The fourth-order valence-corrected chi connectivity index (χ4v) is 3.33. The third-order valence-electron chi connectivity index (χ3n) is 4.63. The van der Waals surface area contributed by atoms with Crippen molar-refractivity contribution in [3.05, 3.63) is 90.3 Å². The van der Waals surface area contributed by atoms with Crippen LogP contribution in [0.25, 0.3) is 10.9 Å². The molecular weight excluding hydrogens is 362 g/mol. The highest BCUT2D eigenvalue weighted by atomic mass is 16.5. The van der Waals surface area contributed by atoms with Gasteiger partial charge in [-0.05, 0) is 49.7 Å². The smallest absolute Gasteiger partial charge is 0.147 e. The van der Waals surface area contributed by atoms with Crippen molar-refractivity contribution in [2.45, 2.75) is 26.0 Å². The van der Waals surface area contributed by atoms with Crippen LogP contribution in [0.3, 0.4) is 0 Å². The molecule has 2 aromatic carbocycles. The normalized spacial score (nSPS) is 12.1. The lowest BCUT2D eigenvalue weighted by atomic mass is 9.96. The predicted octanol–water partition coefficient (Wildman–Crippen LogP) is 5.32. The molecule has 1 atom stereocenters. The first-order valence-corrected chi connectivity index (χ1v) is 9.62. The summed E-state index contributed by atoms with van der Waals surface area (Å²) in [4.78, 5) is 8.74. The highest BCUT2D eigenvalue weighted by molar-refractivity contribution is 5.86. The summed E-state index contributed by atoms with van der Waals surface area (Å²) < 4.78 is 5.76. The predicted molar refractivity (Wildman–Crippen MR) is 115 cm³/mol. The molecule has 2 aromatic heterocycles. The van der Waals surface area contributed by atoms with E-state index in [1.807, 2.05) is 80.6 Å². The monoisotopic (exact) mass is 385 g/mol. The summed E-state index contributed by atoms with van der Waals surface area (Å²) >= 11 is 0. The Hall–Kier alpha value is -3.60. The standard InChI is InChI=1S/C24H23N3O2/c1-16(2)29-19-11-8-18(9-12-19)22(27-21-7-3-4-14-25-21)20-13-10-17-6-5-15-26-23(17)24(20)28/h3-16,22,28H,1-2H3,(H,25,27)/t22-/m1/s1. The number of nitrogens with zero attached hydrogens (tertiary/aromatic N) is 2.